The van der Waals surface area contributed by atoms with Crippen LogP contribution in [0.4, 0.5) is 0 Å². The van der Waals surface area contributed by atoms with E-state index in [0.29, 0.717) is 6.54 Å². The van der Waals surface area contributed by atoms with E-state index in [1.54, 1.807) is 0 Å². The Morgan fingerprint density at radius 3 is 2.31 bits per heavy atom. The fourth-order valence-corrected chi connectivity index (χ4v) is 3.51. The fraction of sp³-hybridized carbons (Fsp3) is 0.348. The molecule has 3 nitrogen and oxygen atoms in total. The van der Waals surface area contributed by atoms with Gasteiger partial charge >= 0.3 is 0 Å². The zero-order valence-electron chi connectivity index (χ0n) is 15.6. The molecule has 0 aliphatic carbocycles. The molecule has 0 bridgehead atoms. The minimum absolute atomic E-state index is 0.165. The molecule has 2 aromatic rings. The quantitative estimate of drug-likeness (QED) is 0.786. The number of rotatable bonds is 6. The molecule has 1 saturated heterocycles. The smallest absolute Gasteiger partial charge is 0.225 e. The molecule has 1 aliphatic rings. The molecule has 3 heteroatoms. The molecule has 0 N–H and O–H groups in total. The predicted molar refractivity (Wildman–Crippen MR) is 108 cm³/mol. The SMILES string of the molecule is CN(Cc1ccccc1)C(=O)C1CCN(C/C=C/c2ccccc2)CC1. The summed E-state index contributed by atoms with van der Waals surface area (Å²) in [4.78, 5) is 17.0. The average Bonchev–Trinajstić information content (AvgIpc) is 2.69. The Bertz CT molecular complexity index is 704. The van der Waals surface area contributed by atoms with Crippen LogP contribution in [0.5, 0.6) is 0 Å². The third kappa shape index (κ3) is 5.30. The fourth-order valence-electron chi connectivity index (χ4n) is 3.51. The lowest BCUT2D eigenvalue weighted by Crippen LogP contribution is -2.41. The van der Waals surface area contributed by atoms with Crippen molar-refractivity contribution in [1.29, 1.82) is 0 Å². The molecule has 3 rings (SSSR count). The van der Waals surface area contributed by atoms with Crippen LogP contribution in [-0.2, 0) is 11.3 Å². The van der Waals surface area contributed by atoms with Crippen molar-refractivity contribution in [2.24, 2.45) is 5.92 Å². The molecular weight excluding hydrogens is 320 g/mol. The molecule has 0 saturated carbocycles. The van der Waals surface area contributed by atoms with Gasteiger partial charge in [0.25, 0.3) is 0 Å². The van der Waals surface area contributed by atoms with Crippen molar-refractivity contribution < 1.29 is 4.79 Å². The van der Waals surface area contributed by atoms with Gasteiger partial charge in [-0.2, -0.15) is 0 Å². The van der Waals surface area contributed by atoms with Crippen LogP contribution < -0.4 is 0 Å². The van der Waals surface area contributed by atoms with Crippen molar-refractivity contribution in [3.05, 3.63) is 77.9 Å². The monoisotopic (exact) mass is 348 g/mol. The van der Waals surface area contributed by atoms with E-state index in [1.165, 1.54) is 11.1 Å². The Morgan fingerprint density at radius 1 is 1.04 bits per heavy atom. The maximum Gasteiger partial charge on any atom is 0.225 e. The van der Waals surface area contributed by atoms with Gasteiger partial charge in [-0.3, -0.25) is 9.69 Å². The van der Waals surface area contributed by atoms with Gasteiger partial charge in [-0.05, 0) is 37.1 Å². The molecule has 0 radical (unpaired) electrons. The van der Waals surface area contributed by atoms with Crippen LogP contribution in [-0.4, -0.2) is 42.4 Å². The molecule has 0 atom stereocenters. The predicted octanol–water partition coefficient (Wildman–Crippen LogP) is 4.07. The average molecular weight is 348 g/mol. The second-order valence-corrected chi connectivity index (χ2v) is 7.07. The van der Waals surface area contributed by atoms with Crippen LogP contribution >= 0.6 is 0 Å². The van der Waals surface area contributed by atoms with Gasteiger partial charge in [0.15, 0.2) is 0 Å². The first-order valence-corrected chi connectivity index (χ1v) is 9.45. The van der Waals surface area contributed by atoms with E-state index in [2.05, 4.69) is 53.5 Å². The number of carbonyl (C=O) groups is 1. The normalized spacial score (nSPS) is 16.0. The molecular formula is C23H28N2O. The molecule has 0 unspecified atom stereocenters. The van der Waals surface area contributed by atoms with Gasteiger partial charge in [-0.15, -0.1) is 0 Å². The zero-order valence-corrected chi connectivity index (χ0v) is 15.6. The van der Waals surface area contributed by atoms with Gasteiger partial charge in [0.05, 0.1) is 0 Å². The number of carbonyl (C=O) groups excluding carboxylic acids is 1. The van der Waals surface area contributed by atoms with E-state index < -0.39 is 0 Å². The Kier molecular flexibility index (Phi) is 6.62. The van der Waals surface area contributed by atoms with Crippen LogP contribution in [0.1, 0.15) is 24.0 Å². The van der Waals surface area contributed by atoms with Crippen LogP contribution in [0, 0.1) is 5.92 Å². The van der Waals surface area contributed by atoms with Crippen LogP contribution in [0.2, 0.25) is 0 Å². The van der Waals surface area contributed by atoms with Crippen molar-refractivity contribution >= 4 is 12.0 Å². The Hall–Kier alpha value is -2.39. The van der Waals surface area contributed by atoms with Gasteiger partial charge in [0.1, 0.15) is 0 Å². The third-order valence-electron chi connectivity index (χ3n) is 5.05. The van der Waals surface area contributed by atoms with Gasteiger partial charge in [0, 0.05) is 26.1 Å². The molecule has 136 valence electrons. The van der Waals surface area contributed by atoms with Crippen molar-refractivity contribution in [2.45, 2.75) is 19.4 Å². The highest BCUT2D eigenvalue weighted by molar-refractivity contribution is 5.78. The van der Waals surface area contributed by atoms with Crippen LogP contribution in [0.15, 0.2) is 66.7 Å². The van der Waals surface area contributed by atoms with E-state index in [9.17, 15) is 4.79 Å². The van der Waals surface area contributed by atoms with E-state index in [4.69, 9.17) is 0 Å². The standard InChI is InChI=1S/C23H28N2O/c1-24(19-21-11-6-3-7-12-21)23(26)22-14-17-25(18-15-22)16-8-13-20-9-4-2-5-10-20/h2-13,22H,14-19H2,1H3/b13-8+. The molecule has 2 aromatic carbocycles. The second-order valence-electron chi connectivity index (χ2n) is 7.07. The van der Waals surface area contributed by atoms with Gasteiger partial charge in [0.2, 0.25) is 5.91 Å². The summed E-state index contributed by atoms with van der Waals surface area (Å²) in [5.74, 6) is 0.450. The number of benzene rings is 2. The van der Waals surface area contributed by atoms with E-state index in [0.717, 1.165) is 32.5 Å². The lowest BCUT2D eigenvalue weighted by Gasteiger charge is -2.32. The molecule has 1 aliphatic heterocycles. The highest BCUT2D eigenvalue weighted by Gasteiger charge is 2.26. The lowest BCUT2D eigenvalue weighted by molar-refractivity contribution is -0.136. The number of hydrogen-bond donors (Lipinski definition) is 0. The zero-order chi connectivity index (χ0) is 18.2. The molecule has 1 amide bonds. The first-order valence-electron chi connectivity index (χ1n) is 9.45. The van der Waals surface area contributed by atoms with E-state index in [-0.39, 0.29) is 11.8 Å². The summed E-state index contributed by atoms with van der Waals surface area (Å²) in [6, 6.07) is 20.6. The summed E-state index contributed by atoms with van der Waals surface area (Å²) < 4.78 is 0. The van der Waals surface area contributed by atoms with Crippen LogP contribution in [0.25, 0.3) is 6.08 Å². The van der Waals surface area contributed by atoms with Crippen molar-refractivity contribution in [2.75, 3.05) is 26.7 Å². The third-order valence-corrected chi connectivity index (χ3v) is 5.05. The van der Waals surface area contributed by atoms with E-state index >= 15 is 0 Å². The molecule has 26 heavy (non-hydrogen) atoms. The first kappa shape index (κ1) is 18.4. The maximum absolute atomic E-state index is 12.7. The Balaban J connectivity index is 1.42. The number of amides is 1. The summed E-state index contributed by atoms with van der Waals surface area (Å²) in [6.07, 6.45) is 6.30. The molecule has 1 fully saturated rings. The Labute approximate surface area is 156 Å². The Morgan fingerprint density at radius 2 is 1.65 bits per heavy atom. The summed E-state index contributed by atoms with van der Waals surface area (Å²) in [5, 5.41) is 0. The summed E-state index contributed by atoms with van der Waals surface area (Å²) in [7, 11) is 1.92. The number of likely N-dealkylation sites (tertiary alicyclic amines) is 1. The largest absolute Gasteiger partial charge is 0.341 e. The minimum Gasteiger partial charge on any atom is -0.341 e. The van der Waals surface area contributed by atoms with Gasteiger partial charge in [-0.1, -0.05) is 72.8 Å². The molecule has 1 heterocycles. The second kappa shape index (κ2) is 9.35. The molecule has 0 aromatic heterocycles. The summed E-state index contributed by atoms with van der Waals surface area (Å²) >= 11 is 0. The van der Waals surface area contributed by atoms with Gasteiger partial charge in [-0.25, -0.2) is 0 Å². The lowest BCUT2D eigenvalue weighted by atomic mass is 9.95. The van der Waals surface area contributed by atoms with Crippen LogP contribution in [0.3, 0.4) is 0 Å². The summed E-state index contributed by atoms with van der Waals surface area (Å²) in [5.41, 5.74) is 2.42. The number of piperidine rings is 1. The number of hydrogen-bond acceptors (Lipinski definition) is 2. The highest BCUT2D eigenvalue weighted by Crippen LogP contribution is 2.20. The minimum atomic E-state index is 0.165. The topological polar surface area (TPSA) is 23.6 Å². The number of nitrogens with zero attached hydrogens (tertiary/aromatic N) is 2. The van der Waals surface area contributed by atoms with Crippen molar-refractivity contribution in [3.8, 4) is 0 Å². The summed E-state index contributed by atoms with van der Waals surface area (Å²) in [6.45, 7) is 3.64. The van der Waals surface area contributed by atoms with Gasteiger partial charge < -0.3 is 4.90 Å². The first-order chi connectivity index (χ1) is 12.7. The highest BCUT2D eigenvalue weighted by atomic mass is 16.2. The van der Waals surface area contributed by atoms with Crippen molar-refractivity contribution in [1.82, 2.24) is 9.80 Å². The maximum atomic E-state index is 12.7. The molecule has 0 spiro atoms. The van der Waals surface area contributed by atoms with E-state index in [1.807, 2.05) is 36.2 Å². The van der Waals surface area contributed by atoms with Crippen molar-refractivity contribution in [3.63, 3.8) is 0 Å².